The standard InChI is InChI=1S/C9H16F2O4S/c1-7(2)5-15-9(12)6-16(13,14)4-3-8(10)11/h7-8H,3-6H2,1-2H3. The van der Waals surface area contributed by atoms with Crippen LogP contribution < -0.4 is 0 Å². The molecule has 96 valence electrons. The fraction of sp³-hybridized carbons (Fsp3) is 0.889. The number of alkyl halides is 2. The van der Waals surface area contributed by atoms with E-state index in [2.05, 4.69) is 4.74 Å². The Hall–Kier alpha value is -0.720. The van der Waals surface area contributed by atoms with E-state index in [9.17, 15) is 22.0 Å². The maximum absolute atomic E-state index is 11.8. The van der Waals surface area contributed by atoms with Crippen LogP contribution in [-0.4, -0.2) is 38.9 Å². The Kier molecular flexibility index (Phi) is 6.47. The Labute approximate surface area is 93.9 Å². The highest BCUT2D eigenvalue weighted by atomic mass is 32.2. The van der Waals surface area contributed by atoms with Crippen LogP contribution in [0.15, 0.2) is 0 Å². The van der Waals surface area contributed by atoms with E-state index in [0.29, 0.717) is 0 Å². The molecular formula is C9H16F2O4S. The van der Waals surface area contributed by atoms with Gasteiger partial charge in [0.2, 0.25) is 6.43 Å². The monoisotopic (exact) mass is 258 g/mol. The molecule has 16 heavy (non-hydrogen) atoms. The van der Waals surface area contributed by atoms with Crippen molar-refractivity contribution >= 4 is 15.8 Å². The second kappa shape index (κ2) is 6.78. The van der Waals surface area contributed by atoms with Gasteiger partial charge in [-0.15, -0.1) is 0 Å². The summed E-state index contributed by atoms with van der Waals surface area (Å²) in [6.45, 7) is 3.74. The van der Waals surface area contributed by atoms with E-state index in [4.69, 9.17) is 0 Å². The average molecular weight is 258 g/mol. The Morgan fingerprint density at radius 2 is 1.88 bits per heavy atom. The first-order chi connectivity index (χ1) is 7.23. The lowest BCUT2D eigenvalue weighted by Crippen LogP contribution is -2.23. The van der Waals surface area contributed by atoms with Gasteiger partial charge in [0.05, 0.1) is 12.4 Å². The van der Waals surface area contributed by atoms with E-state index < -0.39 is 40.2 Å². The van der Waals surface area contributed by atoms with Crippen LogP contribution in [0.25, 0.3) is 0 Å². The van der Waals surface area contributed by atoms with Crippen molar-refractivity contribution in [3.8, 4) is 0 Å². The first-order valence-electron chi connectivity index (χ1n) is 4.87. The third kappa shape index (κ3) is 8.58. The average Bonchev–Trinajstić information content (AvgIpc) is 2.11. The molecule has 4 nitrogen and oxygen atoms in total. The third-order valence-electron chi connectivity index (χ3n) is 1.56. The maximum Gasteiger partial charge on any atom is 0.321 e. The molecule has 0 aliphatic carbocycles. The van der Waals surface area contributed by atoms with Gasteiger partial charge < -0.3 is 4.74 Å². The third-order valence-corrected chi connectivity index (χ3v) is 3.10. The molecule has 0 aromatic carbocycles. The molecule has 0 bridgehead atoms. The molecule has 0 heterocycles. The summed E-state index contributed by atoms with van der Waals surface area (Å²) in [6.07, 6.45) is -3.43. The summed E-state index contributed by atoms with van der Waals surface area (Å²) < 4.78 is 50.5. The summed E-state index contributed by atoms with van der Waals surface area (Å²) in [6, 6.07) is 0. The number of rotatable bonds is 7. The first kappa shape index (κ1) is 15.3. The fourth-order valence-corrected chi connectivity index (χ4v) is 1.95. The molecule has 0 N–H and O–H groups in total. The minimum Gasteiger partial charge on any atom is -0.465 e. The zero-order valence-corrected chi connectivity index (χ0v) is 10.1. The van der Waals surface area contributed by atoms with Crippen LogP contribution in [0.5, 0.6) is 0 Å². The molecule has 0 aliphatic rings. The van der Waals surface area contributed by atoms with E-state index in [1.807, 2.05) is 0 Å². The number of hydrogen-bond donors (Lipinski definition) is 0. The van der Waals surface area contributed by atoms with E-state index in [0.717, 1.165) is 0 Å². The maximum atomic E-state index is 11.8. The molecule has 0 aliphatic heterocycles. The summed E-state index contributed by atoms with van der Waals surface area (Å²) in [5.41, 5.74) is 0. The van der Waals surface area contributed by atoms with Gasteiger partial charge in [-0.25, -0.2) is 17.2 Å². The van der Waals surface area contributed by atoms with Crippen molar-refractivity contribution in [3.05, 3.63) is 0 Å². The van der Waals surface area contributed by atoms with Gasteiger partial charge in [-0.2, -0.15) is 0 Å². The Morgan fingerprint density at radius 1 is 1.31 bits per heavy atom. The molecule has 0 atom stereocenters. The predicted molar refractivity (Wildman–Crippen MR) is 55.1 cm³/mol. The number of ether oxygens (including phenoxy) is 1. The normalized spacial score (nSPS) is 12.1. The summed E-state index contributed by atoms with van der Waals surface area (Å²) >= 11 is 0. The highest BCUT2D eigenvalue weighted by molar-refractivity contribution is 7.92. The van der Waals surface area contributed by atoms with Gasteiger partial charge in [0.25, 0.3) is 0 Å². The molecule has 0 saturated carbocycles. The second-order valence-electron chi connectivity index (χ2n) is 3.85. The van der Waals surface area contributed by atoms with Crippen LogP contribution in [0.4, 0.5) is 8.78 Å². The SMILES string of the molecule is CC(C)COC(=O)CS(=O)(=O)CCC(F)F. The van der Waals surface area contributed by atoms with E-state index >= 15 is 0 Å². The van der Waals surface area contributed by atoms with Crippen LogP contribution in [0.1, 0.15) is 20.3 Å². The van der Waals surface area contributed by atoms with Crippen LogP contribution >= 0.6 is 0 Å². The topological polar surface area (TPSA) is 60.4 Å². The quantitative estimate of drug-likeness (QED) is 0.645. The minimum absolute atomic E-state index is 0.104. The first-order valence-corrected chi connectivity index (χ1v) is 6.69. The lowest BCUT2D eigenvalue weighted by molar-refractivity contribution is -0.141. The molecule has 0 radical (unpaired) electrons. The molecule has 0 rings (SSSR count). The fourth-order valence-electron chi connectivity index (χ4n) is 0.822. The Bertz CT molecular complexity index is 311. The highest BCUT2D eigenvalue weighted by Gasteiger charge is 2.19. The van der Waals surface area contributed by atoms with Crippen molar-refractivity contribution < 1.29 is 26.7 Å². The van der Waals surface area contributed by atoms with Crippen molar-refractivity contribution in [3.63, 3.8) is 0 Å². The number of carbonyl (C=O) groups is 1. The van der Waals surface area contributed by atoms with Gasteiger partial charge in [0.15, 0.2) is 9.84 Å². The van der Waals surface area contributed by atoms with Gasteiger partial charge in [0.1, 0.15) is 5.75 Å². The van der Waals surface area contributed by atoms with Gasteiger partial charge in [-0.05, 0) is 5.92 Å². The number of carbonyl (C=O) groups excluding carboxylic acids is 1. The van der Waals surface area contributed by atoms with Crippen LogP contribution in [0, 0.1) is 5.92 Å². The Balaban J connectivity index is 4.01. The molecule has 0 saturated heterocycles. The number of halogens is 2. The van der Waals surface area contributed by atoms with Gasteiger partial charge in [-0.3, -0.25) is 4.79 Å². The lowest BCUT2D eigenvalue weighted by atomic mass is 10.2. The molecule has 7 heteroatoms. The van der Waals surface area contributed by atoms with Crippen LogP contribution in [-0.2, 0) is 19.4 Å². The van der Waals surface area contributed by atoms with Crippen molar-refractivity contribution in [1.82, 2.24) is 0 Å². The van der Waals surface area contributed by atoms with E-state index in [-0.39, 0.29) is 12.5 Å². The Morgan fingerprint density at radius 3 is 2.31 bits per heavy atom. The van der Waals surface area contributed by atoms with E-state index in [1.54, 1.807) is 13.8 Å². The number of esters is 1. The lowest BCUT2D eigenvalue weighted by Gasteiger charge is -2.07. The number of sulfone groups is 1. The van der Waals surface area contributed by atoms with Crippen molar-refractivity contribution in [2.24, 2.45) is 5.92 Å². The second-order valence-corrected chi connectivity index (χ2v) is 6.03. The van der Waals surface area contributed by atoms with Crippen molar-refractivity contribution in [2.45, 2.75) is 26.7 Å². The zero-order chi connectivity index (χ0) is 12.8. The van der Waals surface area contributed by atoms with Crippen molar-refractivity contribution in [1.29, 1.82) is 0 Å². The van der Waals surface area contributed by atoms with Crippen LogP contribution in [0.3, 0.4) is 0 Å². The number of hydrogen-bond acceptors (Lipinski definition) is 4. The summed E-state index contributed by atoms with van der Waals surface area (Å²) in [4.78, 5) is 11.0. The molecule has 0 aromatic heterocycles. The molecule has 0 amide bonds. The van der Waals surface area contributed by atoms with Gasteiger partial charge >= 0.3 is 5.97 Å². The predicted octanol–water partition coefficient (Wildman–Crippen LogP) is 1.26. The summed E-state index contributed by atoms with van der Waals surface area (Å²) in [7, 11) is -3.78. The van der Waals surface area contributed by atoms with Gasteiger partial charge in [-0.1, -0.05) is 13.8 Å². The molecule has 0 spiro atoms. The molecular weight excluding hydrogens is 242 g/mol. The molecule has 0 aromatic rings. The van der Waals surface area contributed by atoms with Gasteiger partial charge in [0, 0.05) is 6.42 Å². The van der Waals surface area contributed by atoms with E-state index in [1.165, 1.54) is 0 Å². The highest BCUT2D eigenvalue weighted by Crippen LogP contribution is 2.04. The minimum atomic E-state index is -3.78. The smallest absolute Gasteiger partial charge is 0.321 e. The van der Waals surface area contributed by atoms with Crippen LogP contribution in [0.2, 0.25) is 0 Å². The largest absolute Gasteiger partial charge is 0.465 e. The zero-order valence-electron chi connectivity index (χ0n) is 9.28. The molecule has 0 fully saturated rings. The molecule has 0 unspecified atom stereocenters. The van der Waals surface area contributed by atoms with Crippen molar-refractivity contribution in [2.75, 3.05) is 18.1 Å². The summed E-state index contributed by atoms with van der Waals surface area (Å²) in [5.74, 6) is -2.30. The summed E-state index contributed by atoms with van der Waals surface area (Å²) in [5, 5.41) is 0.